The second-order valence-corrected chi connectivity index (χ2v) is 7.82. The molecule has 0 bridgehead atoms. The minimum Gasteiger partial charge on any atom is -0.357 e. The molecule has 0 radical (unpaired) electrons. The Kier molecular flexibility index (Phi) is 8.44. The zero-order valence-electron chi connectivity index (χ0n) is 16.4. The van der Waals surface area contributed by atoms with Crippen LogP contribution in [0.3, 0.4) is 0 Å². The van der Waals surface area contributed by atoms with Crippen LogP contribution in [0.25, 0.3) is 0 Å². The second-order valence-electron chi connectivity index (χ2n) is 7.82. The summed E-state index contributed by atoms with van der Waals surface area (Å²) in [4.78, 5) is 13.9. The number of pyridine rings is 1. The van der Waals surface area contributed by atoms with E-state index in [1.807, 2.05) is 13.2 Å². The molecule has 0 amide bonds. The van der Waals surface area contributed by atoms with Gasteiger partial charge in [-0.15, -0.1) is 24.0 Å². The lowest BCUT2D eigenvalue weighted by atomic mass is 9.92. The molecule has 2 unspecified atom stereocenters. The van der Waals surface area contributed by atoms with Crippen LogP contribution in [0.1, 0.15) is 45.1 Å². The topological polar surface area (TPSA) is 43.8 Å². The second kappa shape index (κ2) is 10.3. The van der Waals surface area contributed by atoms with Crippen molar-refractivity contribution in [3.63, 3.8) is 0 Å². The van der Waals surface area contributed by atoms with Gasteiger partial charge in [-0.3, -0.25) is 4.99 Å². The van der Waals surface area contributed by atoms with Crippen LogP contribution in [-0.2, 0) is 6.54 Å². The fourth-order valence-electron chi connectivity index (χ4n) is 4.22. The number of guanidine groups is 1. The molecule has 0 aromatic carbocycles. The predicted octanol–water partition coefficient (Wildman–Crippen LogP) is 3.74. The number of aromatic nitrogens is 1. The normalized spacial score (nSPS) is 24.2. The van der Waals surface area contributed by atoms with E-state index >= 15 is 0 Å². The fourth-order valence-corrected chi connectivity index (χ4v) is 4.22. The monoisotopic (exact) mass is 471 g/mol. The first-order valence-electron chi connectivity index (χ1n) is 9.81. The van der Waals surface area contributed by atoms with Gasteiger partial charge in [0, 0.05) is 46.0 Å². The summed E-state index contributed by atoms with van der Waals surface area (Å²) in [6.45, 7) is 9.94. The minimum absolute atomic E-state index is 0. The number of hydrogen-bond acceptors (Lipinski definition) is 3. The highest BCUT2D eigenvalue weighted by Gasteiger charge is 2.24. The Labute approximate surface area is 175 Å². The van der Waals surface area contributed by atoms with Crippen LogP contribution in [-0.4, -0.2) is 49.1 Å². The summed E-state index contributed by atoms with van der Waals surface area (Å²) < 4.78 is 0. The lowest BCUT2D eigenvalue weighted by Crippen LogP contribution is -2.48. The number of piperidine rings is 2. The van der Waals surface area contributed by atoms with Gasteiger partial charge in [-0.1, -0.05) is 13.8 Å². The third-order valence-corrected chi connectivity index (χ3v) is 5.32. The molecule has 1 aromatic rings. The molecule has 5 nitrogen and oxygen atoms in total. The average molecular weight is 471 g/mol. The van der Waals surface area contributed by atoms with E-state index in [-0.39, 0.29) is 24.0 Å². The van der Waals surface area contributed by atoms with Crippen molar-refractivity contribution in [1.29, 1.82) is 0 Å². The Morgan fingerprint density at radius 2 is 1.88 bits per heavy atom. The molecule has 1 aromatic heterocycles. The summed E-state index contributed by atoms with van der Waals surface area (Å²) in [6.07, 6.45) is 7.16. The highest BCUT2D eigenvalue weighted by Crippen LogP contribution is 2.21. The largest absolute Gasteiger partial charge is 0.357 e. The minimum atomic E-state index is 0. The fraction of sp³-hybridized carbons (Fsp3) is 0.700. The molecule has 1 N–H and O–H groups in total. The summed E-state index contributed by atoms with van der Waals surface area (Å²) in [7, 11) is 1.89. The van der Waals surface area contributed by atoms with Gasteiger partial charge in [0.2, 0.25) is 0 Å². The highest BCUT2D eigenvalue weighted by molar-refractivity contribution is 14.0. The van der Waals surface area contributed by atoms with Gasteiger partial charge in [0.05, 0.1) is 0 Å². The highest BCUT2D eigenvalue weighted by atomic mass is 127. The van der Waals surface area contributed by atoms with E-state index in [0.29, 0.717) is 0 Å². The van der Waals surface area contributed by atoms with Crippen molar-refractivity contribution in [3.05, 3.63) is 23.9 Å². The SMILES string of the molecule is CN=C(NCc1ccnc(N2CCCCC2)c1)N1CC(C)CC(C)C1.I. The van der Waals surface area contributed by atoms with E-state index in [1.54, 1.807) is 0 Å². The van der Waals surface area contributed by atoms with Gasteiger partial charge in [-0.05, 0) is 55.2 Å². The molecule has 26 heavy (non-hydrogen) atoms. The molecular formula is C20H34IN5. The van der Waals surface area contributed by atoms with Crippen LogP contribution in [0.2, 0.25) is 0 Å². The van der Waals surface area contributed by atoms with Crippen molar-refractivity contribution < 1.29 is 0 Å². The van der Waals surface area contributed by atoms with Crippen molar-refractivity contribution in [3.8, 4) is 0 Å². The molecule has 3 rings (SSSR count). The van der Waals surface area contributed by atoms with Gasteiger partial charge in [0.1, 0.15) is 5.82 Å². The Balaban J connectivity index is 0.00000243. The van der Waals surface area contributed by atoms with Gasteiger partial charge in [0.15, 0.2) is 5.96 Å². The van der Waals surface area contributed by atoms with Gasteiger partial charge in [0.25, 0.3) is 0 Å². The number of hydrogen-bond donors (Lipinski definition) is 1. The molecule has 0 saturated carbocycles. The number of anilines is 1. The van der Waals surface area contributed by atoms with E-state index < -0.39 is 0 Å². The van der Waals surface area contributed by atoms with Gasteiger partial charge in [-0.2, -0.15) is 0 Å². The van der Waals surface area contributed by atoms with Crippen LogP contribution in [0, 0.1) is 11.8 Å². The summed E-state index contributed by atoms with van der Waals surface area (Å²) in [5.74, 6) is 3.60. The number of rotatable bonds is 3. The zero-order chi connectivity index (χ0) is 17.6. The van der Waals surface area contributed by atoms with E-state index in [1.165, 1.54) is 31.2 Å². The van der Waals surface area contributed by atoms with Crippen LogP contribution in [0.5, 0.6) is 0 Å². The molecular weight excluding hydrogens is 437 g/mol. The van der Waals surface area contributed by atoms with Crippen LogP contribution < -0.4 is 10.2 Å². The van der Waals surface area contributed by atoms with Crippen molar-refractivity contribution in [2.45, 2.75) is 46.1 Å². The summed E-state index contributed by atoms with van der Waals surface area (Å²) in [5.41, 5.74) is 1.27. The molecule has 2 atom stereocenters. The quantitative estimate of drug-likeness (QED) is 0.415. The number of likely N-dealkylation sites (tertiary alicyclic amines) is 1. The van der Waals surface area contributed by atoms with Gasteiger partial charge in [-0.25, -0.2) is 4.98 Å². The Morgan fingerprint density at radius 1 is 1.19 bits per heavy atom. The third kappa shape index (κ3) is 5.72. The third-order valence-electron chi connectivity index (χ3n) is 5.32. The maximum absolute atomic E-state index is 4.58. The summed E-state index contributed by atoms with van der Waals surface area (Å²) in [5, 5.41) is 3.56. The van der Waals surface area contributed by atoms with Crippen LogP contribution in [0.4, 0.5) is 5.82 Å². The molecule has 2 aliphatic heterocycles. The zero-order valence-corrected chi connectivity index (χ0v) is 18.8. The lowest BCUT2D eigenvalue weighted by Gasteiger charge is -2.37. The maximum atomic E-state index is 4.58. The number of halogens is 1. The van der Waals surface area contributed by atoms with Crippen molar-refractivity contribution in [1.82, 2.24) is 15.2 Å². The Morgan fingerprint density at radius 3 is 2.54 bits per heavy atom. The van der Waals surface area contributed by atoms with Gasteiger partial charge < -0.3 is 15.1 Å². The summed E-state index contributed by atoms with van der Waals surface area (Å²) in [6, 6.07) is 4.34. The molecule has 0 aliphatic carbocycles. The number of nitrogens with zero attached hydrogens (tertiary/aromatic N) is 4. The average Bonchev–Trinajstić information content (AvgIpc) is 2.62. The first-order chi connectivity index (χ1) is 12.2. The van der Waals surface area contributed by atoms with E-state index in [4.69, 9.17) is 0 Å². The molecule has 2 aliphatic rings. The smallest absolute Gasteiger partial charge is 0.193 e. The first kappa shape index (κ1) is 21.3. The Hall–Kier alpha value is -1.05. The molecule has 3 heterocycles. The van der Waals surface area contributed by atoms with Crippen molar-refractivity contribution in [2.75, 3.05) is 38.1 Å². The standard InChI is InChI=1S/C20H33N5.HI/c1-16-11-17(2)15-25(14-16)20(21-3)23-13-18-7-8-22-19(12-18)24-9-5-4-6-10-24;/h7-8,12,16-17H,4-6,9-11,13-15H2,1-3H3,(H,21,23);1H. The molecule has 146 valence electrons. The van der Waals surface area contributed by atoms with Crippen molar-refractivity contribution in [2.24, 2.45) is 16.8 Å². The van der Waals surface area contributed by atoms with E-state index in [2.05, 4.69) is 51.1 Å². The summed E-state index contributed by atoms with van der Waals surface area (Å²) >= 11 is 0. The molecule has 2 fully saturated rings. The molecule has 6 heteroatoms. The molecule has 2 saturated heterocycles. The predicted molar refractivity (Wildman–Crippen MR) is 120 cm³/mol. The van der Waals surface area contributed by atoms with Crippen LogP contribution in [0.15, 0.2) is 23.3 Å². The van der Waals surface area contributed by atoms with Crippen molar-refractivity contribution >= 4 is 35.8 Å². The maximum Gasteiger partial charge on any atom is 0.193 e. The lowest BCUT2D eigenvalue weighted by molar-refractivity contribution is 0.208. The Bertz CT molecular complexity index is 575. The van der Waals surface area contributed by atoms with E-state index in [9.17, 15) is 0 Å². The van der Waals surface area contributed by atoms with E-state index in [0.717, 1.165) is 56.3 Å². The van der Waals surface area contributed by atoms with Gasteiger partial charge >= 0.3 is 0 Å². The first-order valence-corrected chi connectivity index (χ1v) is 9.81. The van der Waals surface area contributed by atoms with Crippen LogP contribution >= 0.6 is 24.0 Å². The number of aliphatic imine (C=N–C) groups is 1. The molecule has 0 spiro atoms. The number of nitrogens with one attached hydrogen (secondary N) is 1.